The summed E-state index contributed by atoms with van der Waals surface area (Å²) in [5.74, 6) is 0. The average molecular weight is 364 g/mol. The van der Waals surface area contributed by atoms with Gasteiger partial charge in [0.15, 0.2) is 0 Å². The molecule has 1 atom stereocenters. The maximum Gasteiger partial charge on any atom is 0.0472 e. The molecule has 0 aliphatic heterocycles. The molecule has 2 aromatic carbocycles. The Morgan fingerprint density at radius 2 is 2.05 bits per heavy atom. The first-order valence-corrected chi connectivity index (χ1v) is 8.05. The first-order chi connectivity index (χ1) is 10.1. The van der Waals surface area contributed by atoms with Gasteiger partial charge in [0.2, 0.25) is 0 Å². The zero-order valence-corrected chi connectivity index (χ0v) is 14.0. The van der Waals surface area contributed by atoms with Gasteiger partial charge in [-0.1, -0.05) is 51.8 Å². The highest BCUT2D eigenvalue weighted by atomic mass is 79.9. The van der Waals surface area contributed by atoms with Crippen LogP contribution in [0.1, 0.15) is 24.1 Å². The smallest absolute Gasteiger partial charge is 0.0472 e. The summed E-state index contributed by atoms with van der Waals surface area (Å²) in [5.41, 5.74) is 3.59. The Kier molecular flexibility index (Phi) is 4.34. The van der Waals surface area contributed by atoms with Crippen LogP contribution in [0, 0.1) is 0 Å². The molecule has 21 heavy (non-hydrogen) atoms. The number of nitrogens with one attached hydrogen (secondary N) is 2. The number of H-pyrrole nitrogens is 1. The lowest BCUT2D eigenvalue weighted by Crippen LogP contribution is -2.18. The van der Waals surface area contributed by atoms with Crippen molar-refractivity contribution in [3.63, 3.8) is 0 Å². The van der Waals surface area contributed by atoms with Crippen molar-refractivity contribution in [2.45, 2.75) is 19.5 Å². The molecule has 108 valence electrons. The van der Waals surface area contributed by atoms with E-state index in [9.17, 15) is 0 Å². The lowest BCUT2D eigenvalue weighted by Gasteiger charge is -2.15. The summed E-state index contributed by atoms with van der Waals surface area (Å²) in [4.78, 5) is 3.27. The minimum absolute atomic E-state index is 0.276. The molecule has 0 radical (unpaired) electrons. The fraction of sp³-hybridized carbons (Fsp3) is 0.176. The highest BCUT2D eigenvalue weighted by Crippen LogP contribution is 2.25. The molecule has 0 fully saturated rings. The molecule has 1 aromatic heterocycles. The summed E-state index contributed by atoms with van der Waals surface area (Å²) in [6, 6.07) is 14.5. The molecule has 1 heterocycles. The van der Waals surface area contributed by atoms with Crippen LogP contribution in [0.3, 0.4) is 0 Å². The third-order valence-corrected chi connectivity index (χ3v) is 4.66. The molecule has 0 amide bonds. The number of benzene rings is 2. The van der Waals surface area contributed by atoms with Crippen molar-refractivity contribution in [2.24, 2.45) is 0 Å². The topological polar surface area (TPSA) is 27.8 Å². The van der Waals surface area contributed by atoms with Gasteiger partial charge in [0.25, 0.3) is 0 Å². The van der Waals surface area contributed by atoms with Crippen LogP contribution >= 0.6 is 27.5 Å². The summed E-state index contributed by atoms with van der Waals surface area (Å²) >= 11 is 9.61. The Labute approximate surface area is 137 Å². The molecule has 2 nitrogen and oxygen atoms in total. The third kappa shape index (κ3) is 3.15. The molecule has 0 saturated carbocycles. The van der Waals surface area contributed by atoms with Crippen molar-refractivity contribution >= 4 is 38.4 Å². The Balaban J connectivity index is 1.76. The van der Waals surface area contributed by atoms with E-state index in [2.05, 4.69) is 57.4 Å². The number of aromatic amines is 1. The lowest BCUT2D eigenvalue weighted by molar-refractivity contribution is 0.574. The van der Waals surface area contributed by atoms with E-state index < -0.39 is 0 Å². The van der Waals surface area contributed by atoms with Gasteiger partial charge in [-0.15, -0.1) is 0 Å². The molecule has 0 spiro atoms. The van der Waals surface area contributed by atoms with Gasteiger partial charge in [0.05, 0.1) is 0 Å². The number of rotatable bonds is 4. The van der Waals surface area contributed by atoms with Crippen molar-refractivity contribution in [3.05, 3.63) is 69.3 Å². The fourth-order valence-corrected chi connectivity index (χ4v) is 3.30. The number of hydrogen-bond donors (Lipinski definition) is 2. The zero-order chi connectivity index (χ0) is 14.8. The molecule has 2 N–H and O–H groups in total. The van der Waals surface area contributed by atoms with Crippen LogP contribution in [0.5, 0.6) is 0 Å². The lowest BCUT2D eigenvalue weighted by atomic mass is 10.1. The average Bonchev–Trinajstić information content (AvgIpc) is 2.87. The van der Waals surface area contributed by atoms with Gasteiger partial charge in [-0.05, 0) is 36.2 Å². The second-order valence-electron chi connectivity index (χ2n) is 5.13. The predicted octanol–water partition coefficient (Wildman–Crippen LogP) is 5.43. The van der Waals surface area contributed by atoms with E-state index in [1.165, 1.54) is 16.5 Å². The van der Waals surface area contributed by atoms with Gasteiger partial charge < -0.3 is 10.3 Å². The molecule has 0 aliphatic carbocycles. The zero-order valence-electron chi connectivity index (χ0n) is 11.7. The quantitative estimate of drug-likeness (QED) is 0.635. The first kappa shape index (κ1) is 14.6. The normalized spacial score (nSPS) is 12.7. The Hall–Kier alpha value is -1.29. The Bertz CT molecular complexity index is 766. The van der Waals surface area contributed by atoms with E-state index in [4.69, 9.17) is 11.6 Å². The summed E-state index contributed by atoms with van der Waals surface area (Å²) in [6.45, 7) is 2.98. The maximum atomic E-state index is 6.01. The second kappa shape index (κ2) is 6.22. The fourth-order valence-electron chi connectivity index (χ4n) is 2.50. The van der Waals surface area contributed by atoms with Crippen molar-refractivity contribution in [1.29, 1.82) is 0 Å². The molecule has 3 aromatic rings. The second-order valence-corrected chi connectivity index (χ2v) is 6.42. The van der Waals surface area contributed by atoms with E-state index in [0.717, 1.165) is 21.6 Å². The number of hydrogen-bond acceptors (Lipinski definition) is 1. The van der Waals surface area contributed by atoms with Crippen LogP contribution in [-0.2, 0) is 6.54 Å². The maximum absolute atomic E-state index is 6.01. The molecule has 0 bridgehead atoms. The van der Waals surface area contributed by atoms with Crippen molar-refractivity contribution < 1.29 is 0 Å². The van der Waals surface area contributed by atoms with Gasteiger partial charge in [0.1, 0.15) is 0 Å². The van der Waals surface area contributed by atoms with Crippen LogP contribution in [0.25, 0.3) is 10.9 Å². The minimum atomic E-state index is 0.276. The molecule has 3 rings (SSSR count). The van der Waals surface area contributed by atoms with E-state index in [1.54, 1.807) is 0 Å². The van der Waals surface area contributed by atoms with Crippen LogP contribution in [0.2, 0.25) is 5.02 Å². The number of halogens is 2. The van der Waals surface area contributed by atoms with Gasteiger partial charge in [-0.2, -0.15) is 0 Å². The largest absolute Gasteiger partial charge is 0.361 e. The molecule has 4 heteroatoms. The van der Waals surface area contributed by atoms with E-state index >= 15 is 0 Å². The monoisotopic (exact) mass is 362 g/mol. The third-order valence-electron chi connectivity index (χ3n) is 3.70. The van der Waals surface area contributed by atoms with Crippen molar-refractivity contribution in [2.75, 3.05) is 0 Å². The van der Waals surface area contributed by atoms with Crippen molar-refractivity contribution in [1.82, 2.24) is 10.3 Å². The van der Waals surface area contributed by atoms with Crippen LogP contribution in [0.15, 0.2) is 53.1 Å². The van der Waals surface area contributed by atoms with E-state index in [-0.39, 0.29) is 6.04 Å². The standard InChI is InChI=1S/C17H16BrClN2/c1-11(14-4-2-3-5-16(14)18)20-9-12-10-21-17-8-13(19)6-7-15(12)17/h2-8,10-11,20-21H,9H2,1H3. The minimum Gasteiger partial charge on any atom is -0.361 e. The SMILES string of the molecule is CC(NCc1c[nH]c2cc(Cl)ccc12)c1ccccc1Br. The van der Waals surface area contributed by atoms with Crippen LogP contribution in [0.4, 0.5) is 0 Å². The van der Waals surface area contributed by atoms with Gasteiger partial charge >= 0.3 is 0 Å². The molecule has 0 saturated heterocycles. The summed E-state index contributed by atoms with van der Waals surface area (Å²) in [7, 11) is 0. The first-order valence-electron chi connectivity index (χ1n) is 6.88. The summed E-state index contributed by atoms with van der Waals surface area (Å²) < 4.78 is 1.13. The van der Waals surface area contributed by atoms with E-state index in [0.29, 0.717) is 0 Å². The molecule has 0 aliphatic rings. The van der Waals surface area contributed by atoms with Crippen LogP contribution in [-0.4, -0.2) is 4.98 Å². The molecular weight excluding hydrogens is 348 g/mol. The molecule has 1 unspecified atom stereocenters. The van der Waals surface area contributed by atoms with Gasteiger partial charge in [0, 0.05) is 39.2 Å². The van der Waals surface area contributed by atoms with Gasteiger partial charge in [-0.25, -0.2) is 0 Å². The number of aromatic nitrogens is 1. The Morgan fingerprint density at radius 3 is 2.86 bits per heavy atom. The summed E-state index contributed by atoms with van der Waals surface area (Å²) in [6.07, 6.45) is 2.04. The highest BCUT2D eigenvalue weighted by molar-refractivity contribution is 9.10. The van der Waals surface area contributed by atoms with Crippen LogP contribution < -0.4 is 5.32 Å². The van der Waals surface area contributed by atoms with Gasteiger partial charge in [-0.3, -0.25) is 0 Å². The Morgan fingerprint density at radius 1 is 1.24 bits per heavy atom. The molecular formula is C17H16BrClN2. The summed E-state index contributed by atoms with van der Waals surface area (Å²) in [5, 5.41) is 5.54. The number of fused-ring (bicyclic) bond motifs is 1. The highest BCUT2D eigenvalue weighted by Gasteiger charge is 2.10. The predicted molar refractivity (Wildman–Crippen MR) is 92.7 cm³/mol. The van der Waals surface area contributed by atoms with E-state index in [1.807, 2.05) is 24.4 Å². The van der Waals surface area contributed by atoms with Crippen molar-refractivity contribution in [3.8, 4) is 0 Å².